The molecule has 0 fully saturated rings. The van der Waals surface area contributed by atoms with Crippen molar-refractivity contribution in [3.8, 4) is 5.88 Å². The zero-order chi connectivity index (χ0) is 16.3. The fraction of sp³-hybridized carbons (Fsp3) is 0.333. The van der Waals surface area contributed by atoms with E-state index >= 15 is 0 Å². The maximum atomic E-state index is 13.6. The summed E-state index contributed by atoms with van der Waals surface area (Å²) in [7, 11) is 0. The standard InChI is InChI=1S/C15H16ClFN2O3/c1-15(2,3)22-14(20)19-7-6-13(18-19)21-9-10-4-5-11(16)8-12(10)17/h4-8H,9H2,1-3H3. The summed E-state index contributed by atoms with van der Waals surface area (Å²) in [5, 5.41) is 4.24. The first-order valence-corrected chi connectivity index (χ1v) is 6.98. The number of halogens is 2. The van der Waals surface area contributed by atoms with Crippen LogP contribution in [-0.4, -0.2) is 21.5 Å². The van der Waals surface area contributed by atoms with Crippen LogP contribution < -0.4 is 4.74 Å². The number of nitrogens with zero attached hydrogens (tertiary/aromatic N) is 2. The van der Waals surface area contributed by atoms with Crippen LogP contribution in [0.1, 0.15) is 26.3 Å². The smallest absolute Gasteiger partial charge is 0.435 e. The molecule has 1 heterocycles. The maximum Gasteiger partial charge on any atom is 0.435 e. The Balaban J connectivity index is 1.99. The van der Waals surface area contributed by atoms with Crippen LogP contribution in [0, 0.1) is 5.82 Å². The second kappa shape index (κ2) is 6.36. The molecule has 0 aliphatic heterocycles. The molecule has 0 atom stereocenters. The van der Waals surface area contributed by atoms with Gasteiger partial charge in [0.25, 0.3) is 0 Å². The molecule has 0 aliphatic carbocycles. The van der Waals surface area contributed by atoms with E-state index < -0.39 is 17.5 Å². The van der Waals surface area contributed by atoms with Gasteiger partial charge in [-0.3, -0.25) is 0 Å². The van der Waals surface area contributed by atoms with Crippen molar-refractivity contribution in [1.29, 1.82) is 0 Å². The van der Waals surface area contributed by atoms with E-state index in [0.29, 0.717) is 10.6 Å². The zero-order valence-electron chi connectivity index (χ0n) is 12.5. The molecule has 0 unspecified atom stereocenters. The van der Waals surface area contributed by atoms with E-state index in [2.05, 4.69) is 5.10 Å². The molecule has 1 aromatic heterocycles. The van der Waals surface area contributed by atoms with Gasteiger partial charge in [-0.25, -0.2) is 9.18 Å². The Kier molecular flexibility index (Phi) is 4.71. The number of hydrogen-bond donors (Lipinski definition) is 0. The minimum atomic E-state index is -0.615. The van der Waals surface area contributed by atoms with Crippen molar-refractivity contribution < 1.29 is 18.7 Å². The summed E-state index contributed by atoms with van der Waals surface area (Å²) in [5.74, 6) is -0.265. The van der Waals surface area contributed by atoms with Gasteiger partial charge < -0.3 is 9.47 Å². The number of benzene rings is 1. The molecule has 0 radical (unpaired) electrons. The van der Waals surface area contributed by atoms with Crippen LogP contribution in [0.5, 0.6) is 5.88 Å². The van der Waals surface area contributed by atoms with E-state index in [4.69, 9.17) is 21.1 Å². The van der Waals surface area contributed by atoms with Gasteiger partial charge in [-0.15, -0.1) is 5.10 Å². The van der Waals surface area contributed by atoms with Crippen molar-refractivity contribution in [2.24, 2.45) is 0 Å². The van der Waals surface area contributed by atoms with E-state index in [9.17, 15) is 9.18 Å². The molecule has 0 aliphatic rings. The lowest BCUT2D eigenvalue weighted by molar-refractivity contribution is 0.0511. The van der Waals surface area contributed by atoms with Crippen molar-refractivity contribution in [2.45, 2.75) is 33.0 Å². The highest BCUT2D eigenvalue weighted by molar-refractivity contribution is 6.30. The molecule has 2 rings (SSSR count). The van der Waals surface area contributed by atoms with Gasteiger partial charge in [-0.1, -0.05) is 17.7 Å². The maximum absolute atomic E-state index is 13.6. The zero-order valence-corrected chi connectivity index (χ0v) is 13.2. The molecule has 0 bridgehead atoms. The van der Waals surface area contributed by atoms with Crippen LogP contribution in [0.2, 0.25) is 5.02 Å². The summed E-state index contributed by atoms with van der Waals surface area (Å²) in [6.07, 6.45) is 0.807. The second-order valence-electron chi connectivity index (χ2n) is 5.60. The van der Waals surface area contributed by atoms with Crippen LogP contribution in [-0.2, 0) is 11.3 Å². The number of hydrogen-bond acceptors (Lipinski definition) is 4. The first-order valence-electron chi connectivity index (χ1n) is 6.60. The Bertz CT molecular complexity index is 680. The topological polar surface area (TPSA) is 53.4 Å². The van der Waals surface area contributed by atoms with Crippen molar-refractivity contribution >= 4 is 17.7 Å². The van der Waals surface area contributed by atoms with Gasteiger partial charge in [0.15, 0.2) is 0 Å². The third kappa shape index (κ3) is 4.46. The highest BCUT2D eigenvalue weighted by Crippen LogP contribution is 2.17. The van der Waals surface area contributed by atoms with E-state index in [-0.39, 0.29) is 12.5 Å². The third-order valence-corrected chi connectivity index (χ3v) is 2.77. The molecule has 5 nitrogen and oxygen atoms in total. The van der Waals surface area contributed by atoms with Gasteiger partial charge in [-0.05, 0) is 32.9 Å². The minimum absolute atomic E-state index is 0.0195. The number of carbonyl (C=O) groups is 1. The Labute approximate surface area is 132 Å². The third-order valence-electron chi connectivity index (χ3n) is 2.54. The van der Waals surface area contributed by atoms with Gasteiger partial charge >= 0.3 is 6.09 Å². The van der Waals surface area contributed by atoms with E-state index in [1.54, 1.807) is 26.8 Å². The van der Waals surface area contributed by atoms with E-state index in [0.717, 1.165) is 4.68 Å². The van der Waals surface area contributed by atoms with Gasteiger partial charge in [0.2, 0.25) is 5.88 Å². The number of rotatable bonds is 3. The normalized spacial score (nSPS) is 11.3. The van der Waals surface area contributed by atoms with Crippen molar-refractivity contribution in [3.05, 3.63) is 46.9 Å². The molecular weight excluding hydrogens is 311 g/mol. The van der Waals surface area contributed by atoms with Crippen LogP contribution >= 0.6 is 11.6 Å². The first kappa shape index (κ1) is 16.3. The highest BCUT2D eigenvalue weighted by atomic mass is 35.5. The van der Waals surface area contributed by atoms with Gasteiger partial charge in [0.1, 0.15) is 18.0 Å². The molecule has 7 heteroatoms. The Morgan fingerprint density at radius 1 is 1.36 bits per heavy atom. The summed E-state index contributed by atoms with van der Waals surface area (Å²) in [5.41, 5.74) is -0.271. The van der Waals surface area contributed by atoms with Gasteiger partial charge in [0, 0.05) is 22.8 Å². The van der Waals surface area contributed by atoms with Gasteiger partial charge in [-0.2, -0.15) is 4.68 Å². The predicted octanol–water partition coefficient (Wildman–Crippen LogP) is 4.04. The summed E-state index contributed by atoms with van der Waals surface area (Å²) >= 11 is 5.68. The lowest BCUT2D eigenvalue weighted by Gasteiger charge is -2.18. The minimum Gasteiger partial charge on any atom is -0.472 e. The number of aromatic nitrogens is 2. The fourth-order valence-corrected chi connectivity index (χ4v) is 1.74. The molecular formula is C15H16ClFN2O3. The Morgan fingerprint density at radius 2 is 2.09 bits per heavy atom. The molecule has 0 N–H and O–H groups in total. The Morgan fingerprint density at radius 3 is 2.73 bits per heavy atom. The largest absolute Gasteiger partial charge is 0.472 e. The molecule has 0 saturated heterocycles. The second-order valence-corrected chi connectivity index (χ2v) is 6.04. The van der Waals surface area contributed by atoms with Crippen LogP contribution in [0.15, 0.2) is 30.5 Å². The van der Waals surface area contributed by atoms with E-state index in [1.807, 2.05) is 0 Å². The SMILES string of the molecule is CC(C)(C)OC(=O)n1ccc(OCc2ccc(Cl)cc2F)n1. The summed E-state index contributed by atoms with van der Waals surface area (Å²) in [6.45, 7) is 5.26. The average molecular weight is 327 g/mol. The molecule has 118 valence electrons. The Hall–Kier alpha value is -2.08. The van der Waals surface area contributed by atoms with Crippen LogP contribution in [0.25, 0.3) is 0 Å². The van der Waals surface area contributed by atoms with Crippen LogP contribution in [0.4, 0.5) is 9.18 Å². The molecule has 0 saturated carbocycles. The summed E-state index contributed by atoms with van der Waals surface area (Å²) < 4.78 is 25.1. The van der Waals surface area contributed by atoms with Crippen molar-refractivity contribution in [2.75, 3.05) is 0 Å². The molecule has 0 spiro atoms. The molecule has 22 heavy (non-hydrogen) atoms. The summed E-state index contributed by atoms with van der Waals surface area (Å²) in [4.78, 5) is 11.8. The van der Waals surface area contributed by atoms with Gasteiger partial charge in [0.05, 0.1) is 0 Å². The number of ether oxygens (including phenoxy) is 2. The lowest BCUT2D eigenvalue weighted by atomic mass is 10.2. The van der Waals surface area contributed by atoms with Crippen LogP contribution in [0.3, 0.4) is 0 Å². The fourth-order valence-electron chi connectivity index (χ4n) is 1.59. The lowest BCUT2D eigenvalue weighted by Crippen LogP contribution is -2.27. The molecule has 2 aromatic rings. The predicted molar refractivity (Wildman–Crippen MR) is 79.6 cm³/mol. The number of carbonyl (C=O) groups excluding carboxylic acids is 1. The first-order chi connectivity index (χ1) is 10.2. The quantitative estimate of drug-likeness (QED) is 0.854. The molecule has 0 amide bonds. The van der Waals surface area contributed by atoms with Crippen molar-refractivity contribution in [1.82, 2.24) is 9.78 Å². The molecule has 1 aromatic carbocycles. The highest BCUT2D eigenvalue weighted by Gasteiger charge is 2.18. The monoisotopic (exact) mass is 326 g/mol. The average Bonchev–Trinajstić information content (AvgIpc) is 2.84. The van der Waals surface area contributed by atoms with Crippen molar-refractivity contribution in [3.63, 3.8) is 0 Å². The van der Waals surface area contributed by atoms with E-state index in [1.165, 1.54) is 24.4 Å². The summed E-state index contributed by atoms with van der Waals surface area (Å²) in [6, 6.07) is 5.81.